The molecule has 3 N–H and O–H groups in total. The van der Waals surface area contributed by atoms with Gasteiger partial charge in [0.2, 0.25) is 0 Å². The van der Waals surface area contributed by atoms with Crippen LogP contribution in [0.25, 0.3) is 0 Å². The Hall–Kier alpha value is -2.37. The Labute approximate surface area is 152 Å². The summed E-state index contributed by atoms with van der Waals surface area (Å²) in [6, 6.07) is 12.9. The minimum absolute atomic E-state index is 0.0400. The lowest BCUT2D eigenvalue weighted by Gasteiger charge is -2.38. The molecule has 0 saturated heterocycles. The normalized spacial score (nSPS) is 22.1. The molecule has 2 aromatic carbocycles. The number of nitrogens with one attached hydrogen (secondary N) is 1. The number of rotatable bonds is 5. The van der Waals surface area contributed by atoms with Gasteiger partial charge in [-0.15, -0.1) is 0 Å². The molecule has 1 saturated carbocycles. The van der Waals surface area contributed by atoms with E-state index >= 15 is 0 Å². The van der Waals surface area contributed by atoms with Crippen molar-refractivity contribution < 1.29 is 19.7 Å². The van der Waals surface area contributed by atoms with Crippen LogP contribution >= 0.6 is 0 Å². The van der Waals surface area contributed by atoms with Gasteiger partial charge >= 0.3 is 0 Å². The summed E-state index contributed by atoms with van der Waals surface area (Å²) in [5, 5.41) is 22.0. The fourth-order valence-electron chi connectivity index (χ4n) is 3.76. The van der Waals surface area contributed by atoms with Crippen LogP contribution in [0.1, 0.15) is 45.9 Å². The van der Waals surface area contributed by atoms with Gasteiger partial charge in [0.1, 0.15) is 5.75 Å². The Morgan fingerprint density at radius 1 is 1.19 bits per heavy atom. The second-order valence-corrected chi connectivity index (χ2v) is 7.16. The fourth-order valence-corrected chi connectivity index (χ4v) is 3.76. The fraction of sp³-hybridized carbons (Fsp3) is 0.381. The second-order valence-electron chi connectivity index (χ2n) is 7.16. The van der Waals surface area contributed by atoms with Gasteiger partial charge in [0.15, 0.2) is 0 Å². The monoisotopic (exact) mass is 353 g/mol. The van der Waals surface area contributed by atoms with Gasteiger partial charge < -0.3 is 20.3 Å². The van der Waals surface area contributed by atoms with E-state index in [4.69, 9.17) is 9.84 Å². The standard InChI is InChI=1S/C21H23NO4/c23-12-13-1-3-14(4-2-13)21(25)22-20(17-10-18(24)11-17)16-5-6-19-15(9-16)7-8-26-19/h1-6,9,17-18,20,23-24H,7-8,10-12H2,(H,22,25)/t17?,18?,20-/m0/s1. The number of aliphatic hydroxyl groups excluding tert-OH is 2. The first kappa shape index (κ1) is 17.1. The number of carbonyl (C=O) groups excluding carboxylic acids is 1. The first-order chi connectivity index (χ1) is 12.6. The highest BCUT2D eigenvalue weighted by Gasteiger charge is 2.36. The summed E-state index contributed by atoms with van der Waals surface area (Å²) in [6.45, 7) is 0.664. The molecule has 5 nitrogen and oxygen atoms in total. The molecule has 1 fully saturated rings. The lowest BCUT2D eigenvalue weighted by Crippen LogP contribution is -2.41. The lowest BCUT2D eigenvalue weighted by atomic mass is 9.74. The molecular formula is C21H23NO4. The third kappa shape index (κ3) is 3.32. The van der Waals surface area contributed by atoms with Crippen molar-refractivity contribution in [2.75, 3.05) is 6.61 Å². The molecule has 1 atom stereocenters. The maximum Gasteiger partial charge on any atom is 0.251 e. The van der Waals surface area contributed by atoms with E-state index in [2.05, 4.69) is 11.4 Å². The lowest BCUT2D eigenvalue weighted by molar-refractivity contribution is 0.0235. The topological polar surface area (TPSA) is 78.8 Å². The first-order valence-corrected chi connectivity index (χ1v) is 9.08. The summed E-state index contributed by atoms with van der Waals surface area (Å²) in [7, 11) is 0. The van der Waals surface area contributed by atoms with Crippen LogP contribution in [-0.2, 0) is 13.0 Å². The average Bonchev–Trinajstić information content (AvgIpc) is 3.11. The number of fused-ring (bicyclic) bond motifs is 1. The summed E-state index contributed by atoms with van der Waals surface area (Å²) in [4.78, 5) is 12.7. The average molecular weight is 353 g/mol. The molecule has 0 aromatic heterocycles. The second kappa shape index (κ2) is 7.09. The van der Waals surface area contributed by atoms with Gasteiger partial charge in [0, 0.05) is 12.0 Å². The molecule has 136 valence electrons. The van der Waals surface area contributed by atoms with E-state index in [1.165, 1.54) is 5.56 Å². The number of hydrogen-bond acceptors (Lipinski definition) is 4. The van der Waals surface area contributed by atoms with Crippen molar-refractivity contribution in [2.24, 2.45) is 5.92 Å². The Balaban J connectivity index is 1.56. The zero-order valence-corrected chi connectivity index (χ0v) is 14.5. The van der Waals surface area contributed by atoms with Crippen molar-refractivity contribution in [1.29, 1.82) is 0 Å². The zero-order chi connectivity index (χ0) is 18.1. The number of amides is 1. The minimum Gasteiger partial charge on any atom is -0.493 e. The van der Waals surface area contributed by atoms with E-state index in [0.29, 0.717) is 25.0 Å². The van der Waals surface area contributed by atoms with E-state index in [9.17, 15) is 9.90 Å². The van der Waals surface area contributed by atoms with Gasteiger partial charge in [-0.3, -0.25) is 4.79 Å². The molecular weight excluding hydrogens is 330 g/mol. The molecule has 4 rings (SSSR count). The Morgan fingerprint density at radius 2 is 1.96 bits per heavy atom. The predicted molar refractivity (Wildman–Crippen MR) is 96.9 cm³/mol. The van der Waals surface area contributed by atoms with Gasteiger partial charge in [-0.05, 0) is 59.7 Å². The minimum atomic E-state index is -0.277. The summed E-state index contributed by atoms with van der Waals surface area (Å²) in [5.74, 6) is 1.01. The molecule has 1 aliphatic carbocycles. The third-order valence-electron chi connectivity index (χ3n) is 5.38. The van der Waals surface area contributed by atoms with Gasteiger partial charge in [0.25, 0.3) is 5.91 Å². The smallest absolute Gasteiger partial charge is 0.251 e. The van der Waals surface area contributed by atoms with Crippen molar-refractivity contribution in [3.63, 3.8) is 0 Å². The highest BCUT2D eigenvalue weighted by molar-refractivity contribution is 5.94. The van der Waals surface area contributed by atoms with E-state index in [0.717, 1.165) is 23.3 Å². The van der Waals surface area contributed by atoms with Crippen molar-refractivity contribution in [1.82, 2.24) is 5.32 Å². The molecule has 2 aromatic rings. The summed E-state index contributed by atoms with van der Waals surface area (Å²) in [6.07, 6.45) is 2.00. The molecule has 26 heavy (non-hydrogen) atoms. The molecule has 0 unspecified atom stereocenters. The van der Waals surface area contributed by atoms with E-state index < -0.39 is 0 Å². The highest BCUT2D eigenvalue weighted by atomic mass is 16.5. The number of aliphatic hydroxyl groups is 2. The summed E-state index contributed by atoms with van der Waals surface area (Å²) < 4.78 is 5.58. The van der Waals surface area contributed by atoms with E-state index in [1.807, 2.05) is 12.1 Å². The van der Waals surface area contributed by atoms with Crippen molar-refractivity contribution in [2.45, 2.75) is 38.0 Å². The van der Waals surface area contributed by atoms with Gasteiger partial charge in [-0.1, -0.05) is 18.2 Å². The maximum absolute atomic E-state index is 12.7. The molecule has 0 bridgehead atoms. The van der Waals surface area contributed by atoms with Gasteiger partial charge in [-0.2, -0.15) is 0 Å². The molecule has 2 aliphatic rings. The molecule has 1 heterocycles. The van der Waals surface area contributed by atoms with Crippen molar-refractivity contribution in [3.8, 4) is 5.75 Å². The van der Waals surface area contributed by atoms with Crippen molar-refractivity contribution >= 4 is 5.91 Å². The van der Waals surface area contributed by atoms with Crippen LogP contribution in [-0.4, -0.2) is 28.8 Å². The number of ether oxygens (including phenoxy) is 1. The molecule has 5 heteroatoms. The molecule has 0 radical (unpaired) electrons. The SMILES string of the molecule is O=C(N[C@@H](c1ccc2c(c1)CCO2)C1CC(O)C1)c1ccc(CO)cc1. The van der Waals surface area contributed by atoms with Crippen LogP contribution < -0.4 is 10.1 Å². The molecule has 1 amide bonds. The largest absolute Gasteiger partial charge is 0.493 e. The number of hydrogen-bond donors (Lipinski definition) is 3. The van der Waals surface area contributed by atoms with Crippen LogP contribution in [0.4, 0.5) is 0 Å². The Kier molecular flexibility index (Phi) is 4.66. The van der Waals surface area contributed by atoms with E-state index in [-0.39, 0.29) is 30.6 Å². The molecule has 0 spiro atoms. The van der Waals surface area contributed by atoms with Crippen LogP contribution in [0.3, 0.4) is 0 Å². The van der Waals surface area contributed by atoms with Crippen molar-refractivity contribution in [3.05, 3.63) is 64.7 Å². The predicted octanol–water partition coefficient (Wildman–Crippen LogP) is 2.36. The summed E-state index contributed by atoms with van der Waals surface area (Å²) in [5.41, 5.74) is 3.58. The van der Waals surface area contributed by atoms with Gasteiger partial charge in [0.05, 0.1) is 25.4 Å². The van der Waals surface area contributed by atoms with Crippen LogP contribution in [0.2, 0.25) is 0 Å². The van der Waals surface area contributed by atoms with E-state index in [1.54, 1.807) is 24.3 Å². The highest BCUT2D eigenvalue weighted by Crippen LogP contribution is 2.40. The van der Waals surface area contributed by atoms with Crippen LogP contribution in [0.15, 0.2) is 42.5 Å². The molecule has 1 aliphatic heterocycles. The Morgan fingerprint density at radius 3 is 2.65 bits per heavy atom. The number of carbonyl (C=O) groups is 1. The first-order valence-electron chi connectivity index (χ1n) is 9.08. The number of benzene rings is 2. The Bertz CT molecular complexity index is 796. The quantitative estimate of drug-likeness (QED) is 0.771. The summed E-state index contributed by atoms with van der Waals surface area (Å²) >= 11 is 0. The third-order valence-corrected chi connectivity index (χ3v) is 5.38. The van der Waals surface area contributed by atoms with Gasteiger partial charge in [-0.25, -0.2) is 0 Å². The van der Waals surface area contributed by atoms with Crippen LogP contribution in [0.5, 0.6) is 5.75 Å². The maximum atomic E-state index is 12.7. The zero-order valence-electron chi connectivity index (χ0n) is 14.5. The van der Waals surface area contributed by atoms with Crippen LogP contribution in [0, 0.1) is 5.92 Å².